The molecule has 1 unspecified atom stereocenters. The van der Waals surface area contributed by atoms with E-state index in [1.165, 1.54) is 18.2 Å². The van der Waals surface area contributed by atoms with Gasteiger partial charge in [0.2, 0.25) is 0 Å². The van der Waals surface area contributed by atoms with Gasteiger partial charge in [0.15, 0.2) is 5.84 Å². The van der Waals surface area contributed by atoms with Crippen LogP contribution in [0.2, 0.25) is 0 Å². The van der Waals surface area contributed by atoms with Crippen molar-refractivity contribution in [3.63, 3.8) is 0 Å². The molecule has 5 N–H and O–H groups in total. The maximum atomic E-state index is 12.8. The Morgan fingerprint density at radius 3 is 2.74 bits per heavy atom. The lowest BCUT2D eigenvalue weighted by Gasteiger charge is -2.33. The van der Waals surface area contributed by atoms with Gasteiger partial charge in [-0.25, -0.2) is 0 Å². The molecular formula is C20H22N4O6S. The molecule has 1 atom stereocenters. The van der Waals surface area contributed by atoms with Gasteiger partial charge < -0.3 is 25.6 Å². The van der Waals surface area contributed by atoms with Gasteiger partial charge in [0, 0.05) is 30.6 Å². The Hall–Kier alpha value is -3.47. The molecule has 0 aliphatic carbocycles. The van der Waals surface area contributed by atoms with Crippen LogP contribution in [0.3, 0.4) is 0 Å². The Morgan fingerprint density at radius 2 is 2.00 bits per heavy atom. The van der Waals surface area contributed by atoms with E-state index >= 15 is 0 Å². The van der Waals surface area contributed by atoms with E-state index in [1.54, 1.807) is 23.1 Å². The number of phenols is 2. The molecule has 0 spiro atoms. The standard InChI is InChI=1S/C20H22N4O6S/c21-19-18-16(22-31(28,29)23-19)4-1-5-17(18)30-11-12-3-2-6-24(10-12)20(27)13-7-14(25)9-15(26)8-13/h1,4-5,7-9,12,22,25-26H,2-3,6,10-11H2,(H2,21,23). The molecule has 0 saturated carbocycles. The molecule has 11 heteroatoms. The molecule has 1 fully saturated rings. The van der Waals surface area contributed by atoms with Crippen molar-refractivity contribution in [2.24, 2.45) is 16.0 Å². The molecule has 0 bridgehead atoms. The fourth-order valence-corrected chi connectivity index (χ4v) is 4.68. The summed E-state index contributed by atoms with van der Waals surface area (Å²) in [7, 11) is -3.87. The molecule has 2 heterocycles. The summed E-state index contributed by atoms with van der Waals surface area (Å²) in [5.41, 5.74) is 6.74. The number of phenolic OH excluding ortho intramolecular Hbond substituents is 2. The number of rotatable bonds is 4. The number of carbonyl (C=O) groups is 1. The summed E-state index contributed by atoms with van der Waals surface area (Å²) in [4.78, 5) is 14.4. The predicted molar refractivity (Wildman–Crippen MR) is 114 cm³/mol. The van der Waals surface area contributed by atoms with E-state index in [2.05, 4.69) is 9.12 Å². The zero-order valence-electron chi connectivity index (χ0n) is 16.5. The largest absolute Gasteiger partial charge is 0.508 e. The average Bonchev–Trinajstić information content (AvgIpc) is 2.70. The molecule has 4 rings (SSSR count). The number of piperidine rings is 1. The van der Waals surface area contributed by atoms with Crippen LogP contribution in [0.1, 0.15) is 28.8 Å². The number of ether oxygens (including phenoxy) is 1. The third-order valence-corrected chi connectivity index (χ3v) is 6.08. The highest BCUT2D eigenvalue weighted by Gasteiger charge is 2.27. The number of fused-ring (bicyclic) bond motifs is 1. The summed E-state index contributed by atoms with van der Waals surface area (Å²) in [5.74, 6) is -0.333. The van der Waals surface area contributed by atoms with Crippen molar-refractivity contribution in [1.29, 1.82) is 0 Å². The minimum Gasteiger partial charge on any atom is -0.508 e. The molecule has 0 aromatic heterocycles. The quantitative estimate of drug-likeness (QED) is 0.553. The maximum Gasteiger partial charge on any atom is 0.344 e. The lowest BCUT2D eigenvalue weighted by molar-refractivity contribution is 0.0632. The lowest BCUT2D eigenvalue weighted by Crippen LogP contribution is -2.41. The van der Waals surface area contributed by atoms with E-state index < -0.39 is 10.2 Å². The van der Waals surface area contributed by atoms with Gasteiger partial charge >= 0.3 is 10.2 Å². The maximum absolute atomic E-state index is 12.8. The highest BCUT2D eigenvalue weighted by atomic mass is 32.2. The van der Waals surface area contributed by atoms with Crippen LogP contribution < -0.4 is 15.2 Å². The van der Waals surface area contributed by atoms with Gasteiger partial charge in [-0.05, 0) is 37.1 Å². The number of amides is 1. The number of hydrogen-bond donors (Lipinski definition) is 4. The number of nitrogens with one attached hydrogen (secondary N) is 1. The Balaban J connectivity index is 1.45. The molecule has 1 saturated heterocycles. The fraction of sp³-hybridized carbons (Fsp3) is 0.300. The lowest BCUT2D eigenvalue weighted by atomic mass is 9.98. The molecule has 31 heavy (non-hydrogen) atoms. The molecule has 2 aromatic carbocycles. The smallest absolute Gasteiger partial charge is 0.344 e. The van der Waals surface area contributed by atoms with E-state index in [0.717, 1.165) is 12.8 Å². The Morgan fingerprint density at radius 1 is 1.26 bits per heavy atom. The van der Waals surface area contributed by atoms with Crippen LogP contribution in [0, 0.1) is 5.92 Å². The number of hydrogen-bond acceptors (Lipinski definition) is 7. The molecule has 10 nitrogen and oxygen atoms in total. The Bertz CT molecular complexity index is 1140. The molecule has 164 valence electrons. The van der Waals surface area contributed by atoms with Gasteiger partial charge in [0.1, 0.15) is 17.2 Å². The van der Waals surface area contributed by atoms with Gasteiger partial charge in [0.25, 0.3) is 5.91 Å². The van der Waals surface area contributed by atoms with Crippen LogP contribution >= 0.6 is 0 Å². The predicted octanol–water partition coefficient (Wildman–Crippen LogP) is 1.40. The van der Waals surface area contributed by atoms with Crippen LogP contribution in [0.25, 0.3) is 0 Å². The van der Waals surface area contributed by atoms with Crippen LogP contribution in [0.4, 0.5) is 5.69 Å². The third-order valence-electron chi connectivity index (χ3n) is 5.17. The number of carbonyl (C=O) groups excluding carboxylic acids is 1. The SMILES string of the molecule is NC1=NS(=O)(=O)Nc2cccc(OCC3CCCN(C(=O)c4cc(O)cc(O)c4)C3)c21. The first-order valence-corrected chi connectivity index (χ1v) is 11.1. The summed E-state index contributed by atoms with van der Waals surface area (Å²) >= 11 is 0. The van der Waals surface area contributed by atoms with Crippen molar-refractivity contribution >= 4 is 27.6 Å². The number of amidine groups is 1. The van der Waals surface area contributed by atoms with E-state index in [1.807, 2.05) is 0 Å². The third kappa shape index (κ3) is 4.50. The molecule has 0 radical (unpaired) electrons. The normalized spacial score (nSPS) is 19.7. The van der Waals surface area contributed by atoms with E-state index in [-0.39, 0.29) is 34.7 Å². The van der Waals surface area contributed by atoms with Crippen molar-refractivity contribution in [3.8, 4) is 17.2 Å². The average molecular weight is 446 g/mol. The summed E-state index contributed by atoms with van der Waals surface area (Å²) in [5, 5.41) is 19.3. The zero-order valence-corrected chi connectivity index (χ0v) is 17.3. The Labute approximate surface area is 179 Å². The summed E-state index contributed by atoms with van der Waals surface area (Å²) < 4.78 is 35.2. The highest BCUT2D eigenvalue weighted by molar-refractivity contribution is 7.91. The summed E-state index contributed by atoms with van der Waals surface area (Å²) in [6, 6.07) is 8.72. The number of benzene rings is 2. The van der Waals surface area contributed by atoms with Gasteiger partial charge in [-0.2, -0.15) is 8.42 Å². The first kappa shape index (κ1) is 20.8. The minimum atomic E-state index is -3.87. The highest BCUT2D eigenvalue weighted by Crippen LogP contribution is 2.31. The minimum absolute atomic E-state index is 0.0397. The fourth-order valence-electron chi connectivity index (χ4n) is 3.83. The number of nitrogens with zero attached hydrogens (tertiary/aromatic N) is 2. The number of aromatic hydroxyl groups is 2. The van der Waals surface area contributed by atoms with Crippen molar-refractivity contribution in [3.05, 3.63) is 47.5 Å². The van der Waals surface area contributed by atoms with Crippen LogP contribution in [-0.4, -0.2) is 55.0 Å². The molecular weight excluding hydrogens is 424 g/mol. The molecule has 1 amide bonds. The van der Waals surface area contributed by atoms with Crippen molar-refractivity contribution in [2.75, 3.05) is 24.4 Å². The van der Waals surface area contributed by atoms with E-state index in [9.17, 15) is 23.4 Å². The molecule has 2 aliphatic rings. The van der Waals surface area contributed by atoms with Crippen LogP contribution in [0.5, 0.6) is 17.2 Å². The molecule has 2 aliphatic heterocycles. The van der Waals surface area contributed by atoms with Gasteiger partial charge in [0.05, 0.1) is 17.9 Å². The number of likely N-dealkylation sites (tertiary alicyclic amines) is 1. The van der Waals surface area contributed by atoms with Crippen molar-refractivity contribution in [2.45, 2.75) is 12.8 Å². The summed E-state index contributed by atoms with van der Waals surface area (Å²) in [6.45, 7) is 1.31. The first-order chi connectivity index (χ1) is 14.7. The van der Waals surface area contributed by atoms with Crippen LogP contribution in [-0.2, 0) is 10.2 Å². The van der Waals surface area contributed by atoms with Gasteiger partial charge in [-0.3, -0.25) is 9.52 Å². The summed E-state index contributed by atoms with van der Waals surface area (Å²) in [6.07, 6.45) is 1.63. The van der Waals surface area contributed by atoms with Gasteiger partial charge in [-0.15, -0.1) is 4.40 Å². The van der Waals surface area contributed by atoms with Gasteiger partial charge in [-0.1, -0.05) is 6.07 Å². The second-order valence-corrected chi connectivity index (χ2v) is 8.88. The van der Waals surface area contributed by atoms with Crippen molar-refractivity contribution in [1.82, 2.24) is 4.90 Å². The first-order valence-electron chi connectivity index (χ1n) is 9.68. The number of nitrogens with two attached hydrogens (primary N) is 1. The van der Waals surface area contributed by atoms with E-state index in [4.69, 9.17) is 10.5 Å². The zero-order chi connectivity index (χ0) is 22.2. The topological polar surface area (TPSA) is 155 Å². The van der Waals surface area contributed by atoms with Crippen LogP contribution in [0.15, 0.2) is 40.8 Å². The molecule has 2 aromatic rings. The monoisotopic (exact) mass is 446 g/mol. The number of anilines is 1. The van der Waals surface area contributed by atoms with Crippen molar-refractivity contribution < 1.29 is 28.2 Å². The van der Waals surface area contributed by atoms with E-state index in [0.29, 0.717) is 36.7 Å². The second kappa shape index (κ2) is 7.99. The Kier molecular flexibility index (Phi) is 5.36. The second-order valence-electron chi connectivity index (χ2n) is 7.54.